The van der Waals surface area contributed by atoms with Crippen LogP contribution in [-0.4, -0.2) is 56.4 Å². The van der Waals surface area contributed by atoms with Crippen molar-refractivity contribution in [2.24, 2.45) is 0 Å². The minimum Gasteiger partial charge on any atom is -0.357 e. The Morgan fingerprint density at radius 2 is 1.76 bits per heavy atom. The molecule has 1 saturated heterocycles. The molecule has 0 unspecified atom stereocenters. The van der Waals surface area contributed by atoms with E-state index >= 15 is 0 Å². The van der Waals surface area contributed by atoms with Gasteiger partial charge in [0, 0.05) is 53.8 Å². The van der Waals surface area contributed by atoms with Gasteiger partial charge in [0.25, 0.3) is 0 Å². The molecule has 4 rings (SSSR count). The molecule has 0 atom stereocenters. The number of hydrogen-bond donors (Lipinski definition) is 1. The van der Waals surface area contributed by atoms with Crippen LogP contribution >= 0.6 is 15.9 Å². The van der Waals surface area contributed by atoms with Crippen LogP contribution in [0, 0.1) is 5.82 Å². The summed E-state index contributed by atoms with van der Waals surface area (Å²) in [7, 11) is -1.48. The van der Waals surface area contributed by atoms with Gasteiger partial charge in [0.1, 0.15) is 5.82 Å². The highest BCUT2D eigenvalue weighted by Gasteiger charge is 2.23. The molecule has 0 aliphatic carbocycles. The summed E-state index contributed by atoms with van der Waals surface area (Å²) in [4.78, 5) is 8.10. The van der Waals surface area contributed by atoms with Crippen molar-refractivity contribution in [2.45, 2.75) is 17.2 Å². The minimum absolute atomic E-state index is 0.129. The molecule has 1 N–H and O–H groups in total. The van der Waals surface area contributed by atoms with E-state index in [1.54, 1.807) is 0 Å². The monoisotopic (exact) mass is 479 g/mol. The highest BCUT2D eigenvalue weighted by molar-refractivity contribution is 9.10. The zero-order valence-electron chi connectivity index (χ0n) is 16.2. The van der Waals surface area contributed by atoms with Crippen LogP contribution in [-0.2, 0) is 22.1 Å². The molecule has 0 saturated carbocycles. The van der Waals surface area contributed by atoms with E-state index in [0.717, 1.165) is 47.1 Å². The number of H-pyrrole nitrogens is 1. The number of fused-ring (bicyclic) bond motifs is 1. The molecule has 154 valence electrons. The summed E-state index contributed by atoms with van der Waals surface area (Å²) in [5.41, 5.74) is 2.62. The van der Waals surface area contributed by atoms with Gasteiger partial charge in [0.05, 0.1) is 10.6 Å². The van der Waals surface area contributed by atoms with E-state index in [1.807, 2.05) is 18.2 Å². The molecule has 1 aliphatic heterocycles. The number of sulfone groups is 1. The molecular formula is C21H23BrFN3O2S. The summed E-state index contributed by atoms with van der Waals surface area (Å²) in [5.74, 6) is -0.594. The van der Waals surface area contributed by atoms with Crippen LogP contribution in [0.2, 0.25) is 0 Å². The fourth-order valence-electron chi connectivity index (χ4n) is 3.72. The van der Waals surface area contributed by atoms with Crippen molar-refractivity contribution in [1.29, 1.82) is 0 Å². The quantitative estimate of drug-likeness (QED) is 0.565. The van der Waals surface area contributed by atoms with Crippen LogP contribution in [0.1, 0.15) is 11.3 Å². The maximum atomic E-state index is 13.2. The smallest absolute Gasteiger partial charge is 0.183 e. The lowest BCUT2D eigenvalue weighted by molar-refractivity contribution is 0.148. The summed E-state index contributed by atoms with van der Waals surface area (Å²) in [6, 6.07) is 10.9. The van der Waals surface area contributed by atoms with E-state index in [2.05, 4.69) is 37.8 Å². The normalized spacial score (nSPS) is 16.5. The van der Waals surface area contributed by atoms with E-state index in [-0.39, 0.29) is 10.6 Å². The Morgan fingerprint density at radius 3 is 2.45 bits per heavy atom. The Hall–Kier alpha value is -1.74. The van der Waals surface area contributed by atoms with Crippen molar-refractivity contribution in [1.82, 2.24) is 14.8 Å². The lowest BCUT2D eigenvalue weighted by atomic mass is 10.1. The number of nitrogens with zero attached hydrogens (tertiary/aromatic N) is 2. The summed E-state index contributed by atoms with van der Waals surface area (Å²) >= 11 is 3.53. The molecule has 1 aromatic heterocycles. The SMILES string of the molecule is CN1CCN(Cc2c(CS(=O)(=O)c3ccc(F)cc3)[nH]c3ccc(Br)cc23)CC1. The fraction of sp³-hybridized carbons (Fsp3) is 0.333. The molecule has 0 bridgehead atoms. The average Bonchev–Trinajstić information content (AvgIpc) is 3.00. The summed E-state index contributed by atoms with van der Waals surface area (Å²) < 4.78 is 40.1. The Bertz CT molecular complexity index is 1120. The van der Waals surface area contributed by atoms with Crippen molar-refractivity contribution in [2.75, 3.05) is 33.2 Å². The molecule has 3 aromatic rings. The van der Waals surface area contributed by atoms with Crippen LogP contribution in [0.15, 0.2) is 51.8 Å². The first-order valence-electron chi connectivity index (χ1n) is 9.50. The minimum atomic E-state index is -3.60. The number of rotatable bonds is 5. The van der Waals surface area contributed by atoms with Gasteiger partial charge in [0.15, 0.2) is 9.84 Å². The number of halogens is 2. The number of nitrogens with one attached hydrogen (secondary N) is 1. The van der Waals surface area contributed by atoms with Gasteiger partial charge in [-0.05, 0) is 55.1 Å². The maximum Gasteiger partial charge on any atom is 0.183 e. The van der Waals surface area contributed by atoms with Crippen molar-refractivity contribution >= 4 is 36.7 Å². The van der Waals surface area contributed by atoms with Gasteiger partial charge in [-0.25, -0.2) is 12.8 Å². The molecular weight excluding hydrogens is 457 g/mol. The lowest BCUT2D eigenvalue weighted by Crippen LogP contribution is -2.44. The van der Waals surface area contributed by atoms with Crippen LogP contribution in [0.25, 0.3) is 10.9 Å². The van der Waals surface area contributed by atoms with Crippen molar-refractivity contribution in [3.8, 4) is 0 Å². The lowest BCUT2D eigenvalue weighted by Gasteiger charge is -2.32. The molecule has 2 heterocycles. The van der Waals surface area contributed by atoms with Gasteiger partial charge < -0.3 is 9.88 Å². The van der Waals surface area contributed by atoms with E-state index in [9.17, 15) is 12.8 Å². The van der Waals surface area contributed by atoms with Gasteiger partial charge in [0.2, 0.25) is 0 Å². The van der Waals surface area contributed by atoms with Crippen molar-refractivity contribution in [3.05, 3.63) is 64.0 Å². The predicted octanol–water partition coefficient (Wildman–Crippen LogP) is 3.79. The van der Waals surface area contributed by atoms with Gasteiger partial charge in [-0.2, -0.15) is 0 Å². The van der Waals surface area contributed by atoms with Gasteiger partial charge in [-0.1, -0.05) is 15.9 Å². The summed E-state index contributed by atoms with van der Waals surface area (Å²) in [5, 5.41) is 1.03. The van der Waals surface area contributed by atoms with Crippen LogP contribution < -0.4 is 0 Å². The van der Waals surface area contributed by atoms with E-state index in [0.29, 0.717) is 12.2 Å². The molecule has 0 radical (unpaired) electrons. The largest absolute Gasteiger partial charge is 0.357 e. The number of likely N-dealkylation sites (N-methyl/N-ethyl adjacent to an activating group) is 1. The molecule has 2 aromatic carbocycles. The van der Waals surface area contributed by atoms with Crippen molar-refractivity contribution in [3.63, 3.8) is 0 Å². The third kappa shape index (κ3) is 4.55. The molecule has 1 aliphatic rings. The second kappa shape index (κ2) is 8.18. The first-order chi connectivity index (χ1) is 13.8. The van der Waals surface area contributed by atoms with Gasteiger partial charge in [-0.15, -0.1) is 0 Å². The number of aromatic nitrogens is 1. The predicted molar refractivity (Wildman–Crippen MR) is 116 cm³/mol. The molecule has 1 fully saturated rings. The highest BCUT2D eigenvalue weighted by atomic mass is 79.9. The molecule has 29 heavy (non-hydrogen) atoms. The molecule has 0 spiro atoms. The number of hydrogen-bond acceptors (Lipinski definition) is 4. The standard InChI is InChI=1S/C21H23BrFN3O2S/c1-25-8-10-26(11-9-25)13-19-18-12-15(22)2-7-20(18)24-21(19)14-29(27,28)17-5-3-16(23)4-6-17/h2-7,12,24H,8-11,13-14H2,1H3. The fourth-order valence-corrected chi connectivity index (χ4v) is 5.43. The molecule has 8 heteroatoms. The van der Waals surface area contributed by atoms with E-state index < -0.39 is 15.7 Å². The first-order valence-corrected chi connectivity index (χ1v) is 11.9. The second-order valence-corrected chi connectivity index (χ2v) is 10.5. The second-order valence-electron chi connectivity index (χ2n) is 7.56. The first kappa shape index (κ1) is 20.5. The molecule has 5 nitrogen and oxygen atoms in total. The Labute approximate surface area is 178 Å². The number of piperazine rings is 1. The Kier molecular flexibility index (Phi) is 5.79. The zero-order chi connectivity index (χ0) is 20.6. The third-order valence-electron chi connectivity index (χ3n) is 5.44. The van der Waals surface area contributed by atoms with Crippen molar-refractivity contribution < 1.29 is 12.8 Å². The number of benzene rings is 2. The maximum absolute atomic E-state index is 13.2. The topological polar surface area (TPSA) is 56.4 Å². The van der Waals surface area contributed by atoms with Gasteiger partial charge >= 0.3 is 0 Å². The Balaban J connectivity index is 1.70. The van der Waals surface area contributed by atoms with Gasteiger partial charge in [-0.3, -0.25) is 4.90 Å². The van der Waals surface area contributed by atoms with Crippen LogP contribution in [0.4, 0.5) is 4.39 Å². The molecule has 0 amide bonds. The van der Waals surface area contributed by atoms with E-state index in [1.165, 1.54) is 24.3 Å². The zero-order valence-corrected chi connectivity index (χ0v) is 18.6. The summed E-state index contributed by atoms with van der Waals surface area (Å²) in [6.07, 6.45) is 0. The highest BCUT2D eigenvalue weighted by Crippen LogP contribution is 2.29. The Morgan fingerprint density at radius 1 is 1.07 bits per heavy atom. The number of aromatic amines is 1. The third-order valence-corrected chi connectivity index (χ3v) is 7.59. The summed E-state index contributed by atoms with van der Waals surface area (Å²) in [6.45, 7) is 4.58. The van der Waals surface area contributed by atoms with Crippen LogP contribution in [0.5, 0.6) is 0 Å². The van der Waals surface area contributed by atoms with Crippen LogP contribution in [0.3, 0.4) is 0 Å². The van der Waals surface area contributed by atoms with E-state index in [4.69, 9.17) is 0 Å². The average molecular weight is 480 g/mol.